The van der Waals surface area contributed by atoms with Crippen LogP contribution in [0, 0.1) is 12.7 Å². The van der Waals surface area contributed by atoms with E-state index in [1.165, 1.54) is 18.2 Å². The van der Waals surface area contributed by atoms with Gasteiger partial charge in [-0.05, 0) is 42.8 Å². The number of nitrogens with one attached hydrogen (secondary N) is 2. The van der Waals surface area contributed by atoms with E-state index in [0.717, 1.165) is 0 Å². The Balaban J connectivity index is 1.68. The first-order chi connectivity index (χ1) is 15.0. The fourth-order valence-corrected chi connectivity index (χ4v) is 3.41. The first kappa shape index (κ1) is 20.2. The van der Waals surface area contributed by atoms with Crippen LogP contribution in [-0.4, -0.2) is 16.8 Å². The van der Waals surface area contributed by atoms with Crippen LogP contribution in [0.4, 0.5) is 10.1 Å². The molecule has 1 aromatic heterocycles. The number of aryl methyl sites for hydroxylation is 1. The van der Waals surface area contributed by atoms with Gasteiger partial charge in [-0.1, -0.05) is 48.5 Å². The number of hydrogen-bond donors (Lipinski definition) is 2. The highest BCUT2D eigenvalue weighted by atomic mass is 19.1. The van der Waals surface area contributed by atoms with E-state index in [2.05, 4.69) is 15.6 Å². The van der Waals surface area contributed by atoms with Gasteiger partial charge in [0.15, 0.2) is 0 Å². The van der Waals surface area contributed by atoms with Crippen molar-refractivity contribution in [2.75, 3.05) is 5.32 Å². The van der Waals surface area contributed by atoms with Gasteiger partial charge < -0.3 is 10.6 Å². The summed E-state index contributed by atoms with van der Waals surface area (Å²) in [6, 6.07) is 22.8. The number of aromatic nitrogens is 1. The zero-order valence-corrected chi connectivity index (χ0v) is 16.8. The lowest BCUT2D eigenvalue weighted by Crippen LogP contribution is -2.37. The van der Waals surface area contributed by atoms with Crippen molar-refractivity contribution in [3.8, 4) is 0 Å². The molecule has 0 saturated carbocycles. The minimum absolute atomic E-state index is 0.330. The second kappa shape index (κ2) is 8.75. The van der Waals surface area contributed by atoms with E-state index >= 15 is 0 Å². The Morgan fingerprint density at radius 1 is 0.903 bits per heavy atom. The summed E-state index contributed by atoms with van der Waals surface area (Å²) in [6.07, 6.45) is 0. The molecule has 3 aromatic carbocycles. The van der Waals surface area contributed by atoms with Crippen LogP contribution in [0.15, 0.2) is 84.9 Å². The lowest BCUT2D eigenvalue weighted by molar-refractivity contribution is -0.118. The molecule has 31 heavy (non-hydrogen) atoms. The second-order valence-electron chi connectivity index (χ2n) is 7.15. The molecule has 154 valence electrons. The summed E-state index contributed by atoms with van der Waals surface area (Å²) in [5, 5.41) is 6.18. The van der Waals surface area contributed by atoms with Crippen LogP contribution in [0.5, 0.6) is 0 Å². The molecule has 4 aromatic rings. The fourth-order valence-electron chi connectivity index (χ4n) is 3.41. The zero-order valence-electron chi connectivity index (χ0n) is 16.8. The smallest absolute Gasteiger partial charge is 0.252 e. The van der Waals surface area contributed by atoms with Crippen LogP contribution < -0.4 is 10.6 Å². The van der Waals surface area contributed by atoms with Gasteiger partial charge in [0, 0.05) is 22.8 Å². The van der Waals surface area contributed by atoms with Gasteiger partial charge in [-0.3, -0.25) is 14.6 Å². The van der Waals surface area contributed by atoms with Crippen molar-refractivity contribution in [2.24, 2.45) is 0 Å². The maximum atomic E-state index is 13.7. The van der Waals surface area contributed by atoms with Crippen LogP contribution in [0.25, 0.3) is 10.9 Å². The van der Waals surface area contributed by atoms with E-state index in [1.54, 1.807) is 49.4 Å². The molecule has 0 aliphatic heterocycles. The number of para-hydroxylation sites is 1. The number of amides is 2. The maximum Gasteiger partial charge on any atom is 0.252 e. The van der Waals surface area contributed by atoms with Crippen LogP contribution in [0.1, 0.15) is 27.7 Å². The van der Waals surface area contributed by atoms with E-state index < -0.39 is 17.8 Å². The molecule has 1 unspecified atom stereocenters. The highest BCUT2D eigenvalue weighted by Crippen LogP contribution is 2.22. The first-order valence-corrected chi connectivity index (χ1v) is 9.80. The topological polar surface area (TPSA) is 71.1 Å². The number of carbonyl (C=O) groups excluding carboxylic acids is 2. The SMILES string of the molecule is Cc1cc(C(=O)NC(C(=O)Nc2ccccc2)c2ccccc2)c2ccc(F)cc2n1. The highest BCUT2D eigenvalue weighted by molar-refractivity contribution is 6.08. The lowest BCUT2D eigenvalue weighted by atomic mass is 10.0. The summed E-state index contributed by atoms with van der Waals surface area (Å²) in [5.74, 6) is -1.24. The van der Waals surface area contributed by atoms with E-state index in [1.807, 2.05) is 24.3 Å². The number of halogens is 1. The van der Waals surface area contributed by atoms with Crippen molar-refractivity contribution < 1.29 is 14.0 Å². The number of hydrogen-bond acceptors (Lipinski definition) is 3. The highest BCUT2D eigenvalue weighted by Gasteiger charge is 2.24. The number of benzene rings is 3. The number of anilines is 1. The lowest BCUT2D eigenvalue weighted by Gasteiger charge is -2.20. The molecular weight excluding hydrogens is 393 g/mol. The summed E-state index contributed by atoms with van der Waals surface area (Å²) < 4.78 is 13.7. The number of nitrogens with zero attached hydrogens (tertiary/aromatic N) is 1. The number of carbonyl (C=O) groups is 2. The van der Waals surface area contributed by atoms with Gasteiger partial charge in [0.25, 0.3) is 11.8 Å². The van der Waals surface area contributed by atoms with Crippen LogP contribution in [-0.2, 0) is 4.79 Å². The molecule has 0 aliphatic carbocycles. The quantitative estimate of drug-likeness (QED) is 0.494. The third-order valence-corrected chi connectivity index (χ3v) is 4.86. The summed E-state index contributed by atoms with van der Waals surface area (Å²) >= 11 is 0. The van der Waals surface area contributed by atoms with Crippen LogP contribution in [0.2, 0.25) is 0 Å². The van der Waals surface area contributed by atoms with Crippen molar-refractivity contribution in [1.29, 1.82) is 0 Å². The molecular formula is C25H20FN3O2. The van der Waals surface area contributed by atoms with Crippen molar-refractivity contribution in [1.82, 2.24) is 10.3 Å². The molecule has 4 rings (SSSR count). The fraction of sp³-hybridized carbons (Fsp3) is 0.0800. The normalized spacial score (nSPS) is 11.7. The van der Waals surface area contributed by atoms with Gasteiger partial charge in [-0.2, -0.15) is 0 Å². The van der Waals surface area contributed by atoms with Crippen LogP contribution >= 0.6 is 0 Å². The number of rotatable bonds is 5. The third-order valence-electron chi connectivity index (χ3n) is 4.86. The minimum atomic E-state index is -0.919. The average molecular weight is 413 g/mol. The molecule has 0 saturated heterocycles. The molecule has 1 heterocycles. The summed E-state index contributed by atoms with van der Waals surface area (Å²) in [7, 11) is 0. The summed E-state index contributed by atoms with van der Waals surface area (Å²) in [5.41, 5.74) is 2.56. The van der Waals surface area contributed by atoms with Gasteiger partial charge in [0.05, 0.1) is 11.1 Å². The van der Waals surface area contributed by atoms with E-state index in [9.17, 15) is 14.0 Å². The van der Waals surface area contributed by atoms with Crippen molar-refractivity contribution in [2.45, 2.75) is 13.0 Å². The predicted octanol–water partition coefficient (Wildman–Crippen LogP) is 4.79. The third kappa shape index (κ3) is 4.59. The van der Waals surface area contributed by atoms with Gasteiger partial charge in [-0.25, -0.2) is 4.39 Å². The van der Waals surface area contributed by atoms with Crippen molar-refractivity contribution in [3.05, 3.63) is 108 Å². The molecule has 0 aliphatic rings. The minimum Gasteiger partial charge on any atom is -0.336 e. The Hall–Kier alpha value is -4.06. The summed E-state index contributed by atoms with van der Waals surface area (Å²) in [4.78, 5) is 30.6. The Morgan fingerprint density at radius 3 is 2.29 bits per heavy atom. The monoisotopic (exact) mass is 413 g/mol. The molecule has 1 atom stereocenters. The standard InChI is InChI=1S/C25H20FN3O2/c1-16-14-21(20-13-12-18(26)15-22(20)27-16)24(30)29-23(17-8-4-2-5-9-17)25(31)28-19-10-6-3-7-11-19/h2-15,23H,1H3,(H,28,31)(H,29,30). The maximum absolute atomic E-state index is 13.7. The Bertz CT molecular complexity index is 1240. The van der Waals surface area contributed by atoms with Crippen molar-refractivity contribution >= 4 is 28.4 Å². The second-order valence-corrected chi connectivity index (χ2v) is 7.15. The van der Waals surface area contributed by atoms with Gasteiger partial charge in [0.2, 0.25) is 0 Å². The number of pyridine rings is 1. The molecule has 0 spiro atoms. The molecule has 0 radical (unpaired) electrons. The molecule has 0 fully saturated rings. The zero-order chi connectivity index (χ0) is 21.8. The summed E-state index contributed by atoms with van der Waals surface area (Å²) in [6.45, 7) is 1.73. The largest absolute Gasteiger partial charge is 0.336 e. The average Bonchev–Trinajstić information content (AvgIpc) is 2.77. The van der Waals surface area contributed by atoms with E-state index in [4.69, 9.17) is 0 Å². The molecule has 6 heteroatoms. The Labute approximate surface area is 178 Å². The van der Waals surface area contributed by atoms with Gasteiger partial charge in [-0.15, -0.1) is 0 Å². The van der Waals surface area contributed by atoms with Crippen LogP contribution in [0.3, 0.4) is 0 Å². The predicted molar refractivity (Wildman–Crippen MR) is 118 cm³/mol. The van der Waals surface area contributed by atoms with Gasteiger partial charge >= 0.3 is 0 Å². The molecule has 5 nitrogen and oxygen atoms in total. The Morgan fingerprint density at radius 2 is 1.58 bits per heavy atom. The van der Waals surface area contributed by atoms with Gasteiger partial charge in [0.1, 0.15) is 11.9 Å². The molecule has 0 bridgehead atoms. The first-order valence-electron chi connectivity index (χ1n) is 9.80. The molecule has 2 amide bonds. The number of fused-ring (bicyclic) bond motifs is 1. The molecule has 2 N–H and O–H groups in total. The van der Waals surface area contributed by atoms with Crippen molar-refractivity contribution in [3.63, 3.8) is 0 Å². The van der Waals surface area contributed by atoms with E-state index in [-0.39, 0.29) is 5.91 Å². The Kier molecular flexibility index (Phi) is 5.71. The van der Waals surface area contributed by atoms with E-state index in [0.29, 0.717) is 33.4 Å².